The average molecular weight is 239 g/mol. The van der Waals surface area contributed by atoms with Gasteiger partial charge in [-0.2, -0.15) is 0 Å². The first-order chi connectivity index (χ1) is 7.72. The van der Waals surface area contributed by atoms with Crippen molar-refractivity contribution in [2.45, 2.75) is 18.8 Å². The van der Waals surface area contributed by atoms with Crippen LogP contribution in [0.2, 0.25) is 5.02 Å². The van der Waals surface area contributed by atoms with Gasteiger partial charge in [0.1, 0.15) is 6.61 Å². The molecule has 2 atom stereocenters. The zero-order valence-electron chi connectivity index (χ0n) is 9.28. The Hall–Kier alpha value is -0.860. The highest BCUT2D eigenvalue weighted by atomic mass is 35.5. The van der Waals surface area contributed by atoms with E-state index >= 15 is 0 Å². The van der Waals surface area contributed by atoms with Crippen molar-refractivity contribution in [2.24, 2.45) is 5.92 Å². The van der Waals surface area contributed by atoms with E-state index in [-0.39, 0.29) is 12.4 Å². The summed E-state index contributed by atoms with van der Waals surface area (Å²) in [5, 5.41) is 0.814. The van der Waals surface area contributed by atoms with Gasteiger partial charge in [-0.1, -0.05) is 29.8 Å². The number of ketones is 1. The lowest BCUT2D eigenvalue weighted by Crippen LogP contribution is -2.07. The number of hydrogen-bond donors (Lipinski definition) is 0. The molecule has 0 aromatic heterocycles. The molecule has 0 N–H and O–H groups in total. The van der Waals surface area contributed by atoms with Gasteiger partial charge in [0.15, 0.2) is 5.78 Å². The quantitative estimate of drug-likeness (QED) is 0.788. The molecule has 1 saturated carbocycles. The first kappa shape index (κ1) is 11.6. The van der Waals surface area contributed by atoms with E-state index in [0.717, 1.165) is 11.4 Å². The normalized spacial score (nSPS) is 23.1. The Morgan fingerprint density at radius 1 is 1.50 bits per heavy atom. The topological polar surface area (TPSA) is 26.3 Å². The molecule has 86 valence electrons. The maximum Gasteiger partial charge on any atom is 0.158 e. The van der Waals surface area contributed by atoms with E-state index in [1.165, 1.54) is 5.56 Å². The molecule has 1 aliphatic carbocycles. The minimum absolute atomic E-state index is 0.182. The summed E-state index contributed by atoms with van der Waals surface area (Å²) >= 11 is 6.11. The van der Waals surface area contributed by atoms with Crippen LogP contribution in [-0.2, 0) is 9.53 Å². The summed E-state index contributed by atoms with van der Waals surface area (Å²) in [4.78, 5) is 11.4. The van der Waals surface area contributed by atoms with Crippen molar-refractivity contribution in [1.29, 1.82) is 0 Å². The number of carbonyl (C=O) groups is 1. The number of hydrogen-bond acceptors (Lipinski definition) is 2. The molecule has 0 saturated heterocycles. The highest BCUT2D eigenvalue weighted by Crippen LogP contribution is 2.51. The molecular formula is C13H15ClO2. The largest absolute Gasteiger partial charge is 0.377 e. The number of benzene rings is 1. The smallest absolute Gasteiger partial charge is 0.158 e. The summed E-state index contributed by atoms with van der Waals surface area (Å²) in [7, 11) is 1.55. The molecule has 1 aromatic carbocycles. The third kappa shape index (κ3) is 2.63. The summed E-state index contributed by atoms with van der Waals surface area (Å²) in [6, 6.07) is 7.88. The summed E-state index contributed by atoms with van der Waals surface area (Å²) in [5.41, 5.74) is 1.18. The van der Waals surface area contributed by atoms with E-state index in [1.807, 2.05) is 24.3 Å². The van der Waals surface area contributed by atoms with Crippen LogP contribution < -0.4 is 0 Å². The van der Waals surface area contributed by atoms with E-state index in [0.29, 0.717) is 18.3 Å². The third-order valence-electron chi connectivity index (χ3n) is 3.02. The predicted molar refractivity (Wildman–Crippen MR) is 63.8 cm³/mol. The van der Waals surface area contributed by atoms with Gasteiger partial charge >= 0.3 is 0 Å². The second kappa shape index (κ2) is 4.98. The number of rotatable bonds is 5. The molecule has 3 heteroatoms. The number of halogens is 1. The Morgan fingerprint density at radius 3 is 2.94 bits per heavy atom. The van der Waals surface area contributed by atoms with Gasteiger partial charge in [-0.3, -0.25) is 4.79 Å². The summed E-state index contributed by atoms with van der Waals surface area (Å²) < 4.78 is 4.82. The highest BCUT2D eigenvalue weighted by molar-refractivity contribution is 6.31. The van der Waals surface area contributed by atoms with Crippen LogP contribution in [0.5, 0.6) is 0 Å². The van der Waals surface area contributed by atoms with Gasteiger partial charge in [-0.25, -0.2) is 0 Å². The number of carbonyl (C=O) groups excluding carboxylic acids is 1. The highest BCUT2D eigenvalue weighted by Gasteiger charge is 2.40. The second-order valence-corrected chi connectivity index (χ2v) is 4.71. The van der Waals surface area contributed by atoms with E-state index in [1.54, 1.807) is 7.11 Å². The Labute approximate surface area is 101 Å². The minimum atomic E-state index is 0.182. The molecular weight excluding hydrogens is 224 g/mol. The first-order valence-corrected chi connectivity index (χ1v) is 5.85. The summed E-state index contributed by atoms with van der Waals surface area (Å²) in [6.07, 6.45) is 1.68. The minimum Gasteiger partial charge on any atom is -0.377 e. The third-order valence-corrected chi connectivity index (χ3v) is 3.37. The molecule has 2 nitrogen and oxygen atoms in total. The van der Waals surface area contributed by atoms with Gasteiger partial charge in [0.2, 0.25) is 0 Å². The lowest BCUT2D eigenvalue weighted by Gasteiger charge is -2.02. The Balaban J connectivity index is 1.92. The molecule has 0 aliphatic heterocycles. The number of methoxy groups -OCH3 is 1. The van der Waals surface area contributed by atoms with E-state index in [2.05, 4.69) is 0 Å². The van der Waals surface area contributed by atoms with E-state index < -0.39 is 0 Å². The zero-order chi connectivity index (χ0) is 11.5. The van der Waals surface area contributed by atoms with Crippen LogP contribution in [0, 0.1) is 5.92 Å². The van der Waals surface area contributed by atoms with E-state index in [4.69, 9.17) is 16.3 Å². The Morgan fingerprint density at radius 2 is 2.25 bits per heavy atom. The molecule has 2 rings (SSSR count). The van der Waals surface area contributed by atoms with Crippen molar-refractivity contribution in [3.63, 3.8) is 0 Å². The van der Waals surface area contributed by atoms with Crippen LogP contribution in [0.1, 0.15) is 24.3 Å². The molecule has 0 amide bonds. The first-order valence-electron chi connectivity index (χ1n) is 5.47. The van der Waals surface area contributed by atoms with Crippen molar-refractivity contribution in [3.8, 4) is 0 Å². The molecule has 1 fully saturated rings. The Kier molecular flexibility index (Phi) is 3.62. The van der Waals surface area contributed by atoms with Gasteiger partial charge in [-0.15, -0.1) is 0 Å². The maximum atomic E-state index is 11.4. The molecule has 0 radical (unpaired) electrons. The van der Waals surface area contributed by atoms with Gasteiger partial charge in [0.25, 0.3) is 0 Å². The van der Waals surface area contributed by atoms with Crippen LogP contribution in [-0.4, -0.2) is 19.5 Å². The lowest BCUT2D eigenvalue weighted by atomic mass is 10.1. The average Bonchev–Trinajstić information content (AvgIpc) is 2.98. The van der Waals surface area contributed by atoms with Crippen LogP contribution >= 0.6 is 11.6 Å². The second-order valence-electron chi connectivity index (χ2n) is 4.30. The summed E-state index contributed by atoms with van der Waals surface area (Å²) in [6.45, 7) is 0.228. The van der Waals surface area contributed by atoms with Gasteiger partial charge in [0, 0.05) is 18.6 Å². The van der Waals surface area contributed by atoms with Crippen molar-refractivity contribution < 1.29 is 9.53 Å². The SMILES string of the molecule is COCC(=O)C[C@@H]1C[C@H]1c1ccccc1Cl. The van der Waals surface area contributed by atoms with Crippen molar-refractivity contribution in [2.75, 3.05) is 13.7 Å². The molecule has 0 spiro atoms. The molecule has 16 heavy (non-hydrogen) atoms. The Bertz CT molecular complexity index is 389. The van der Waals surface area contributed by atoms with Crippen LogP contribution in [0.25, 0.3) is 0 Å². The van der Waals surface area contributed by atoms with Crippen LogP contribution in [0.4, 0.5) is 0 Å². The fourth-order valence-electron chi connectivity index (χ4n) is 2.14. The molecule has 0 unspecified atom stereocenters. The molecule has 0 bridgehead atoms. The van der Waals surface area contributed by atoms with Crippen molar-refractivity contribution in [1.82, 2.24) is 0 Å². The van der Waals surface area contributed by atoms with Crippen LogP contribution in [0.15, 0.2) is 24.3 Å². The number of ether oxygens (including phenoxy) is 1. The maximum absolute atomic E-state index is 11.4. The zero-order valence-corrected chi connectivity index (χ0v) is 10.0. The van der Waals surface area contributed by atoms with Gasteiger partial charge < -0.3 is 4.74 Å². The van der Waals surface area contributed by atoms with E-state index in [9.17, 15) is 4.79 Å². The van der Waals surface area contributed by atoms with Gasteiger partial charge in [0.05, 0.1) is 0 Å². The van der Waals surface area contributed by atoms with Crippen LogP contribution in [0.3, 0.4) is 0 Å². The fraction of sp³-hybridized carbons (Fsp3) is 0.462. The standard InChI is InChI=1S/C13H15ClO2/c1-16-8-10(15)6-9-7-12(9)11-4-2-3-5-13(11)14/h2-5,9,12H,6-8H2,1H3/t9-,12-/m1/s1. The monoisotopic (exact) mass is 238 g/mol. The molecule has 1 aromatic rings. The molecule has 0 heterocycles. The summed E-state index contributed by atoms with van der Waals surface area (Å²) in [5.74, 6) is 1.11. The predicted octanol–water partition coefficient (Wildman–Crippen LogP) is 3.05. The van der Waals surface area contributed by atoms with Gasteiger partial charge in [-0.05, 0) is 29.9 Å². The van der Waals surface area contributed by atoms with Crippen molar-refractivity contribution >= 4 is 17.4 Å². The fourth-order valence-corrected chi connectivity index (χ4v) is 2.42. The van der Waals surface area contributed by atoms with Crippen molar-refractivity contribution in [3.05, 3.63) is 34.9 Å². The molecule has 1 aliphatic rings. The lowest BCUT2D eigenvalue weighted by molar-refractivity contribution is -0.123. The number of Topliss-reactive ketones (excluding diaryl/α,β-unsaturated/α-hetero) is 1.